The fraction of sp³-hybridized carbons (Fsp3) is 0.824. The third-order valence-corrected chi connectivity index (χ3v) is 5.82. The lowest BCUT2D eigenvalue weighted by atomic mass is 9.54. The zero-order valence-electron chi connectivity index (χ0n) is 13.8. The van der Waals surface area contributed by atoms with E-state index in [9.17, 15) is 14.4 Å². The Balaban J connectivity index is 1.83. The second-order valence-electron chi connectivity index (χ2n) is 6.89. The Morgan fingerprint density at radius 2 is 1.91 bits per heavy atom. The van der Waals surface area contributed by atoms with Crippen LogP contribution in [0.3, 0.4) is 0 Å². The second-order valence-corrected chi connectivity index (χ2v) is 6.89. The highest BCUT2D eigenvalue weighted by molar-refractivity contribution is 6.38. The van der Waals surface area contributed by atoms with Crippen molar-refractivity contribution in [1.29, 1.82) is 0 Å². The van der Waals surface area contributed by atoms with Gasteiger partial charge in [0, 0.05) is 17.8 Å². The molecule has 1 heterocycles. The van der Waals surface area contributed by atoms with Gasteiger partial charge in [0.1, 0.15) is 5.78 Å². The number of fused-ring (bicyclic) bond motifs is 2. The fourth-order valence-electron chi connectivity index (χ4n) is 4.59. The van der Waals surface area contributed by atoms with Crippen molar-refractivity contribution in [2.24, 2.45) is 17.3 Å². The van der Waals surface area contributed by atoms with E-state index in [0.717, 1.165) is 19.3 Å². The minimum atomic E-state index is -0.895. The van der Waals surface area contributed by atoms with Crippen molar-refractivity contribution in [3.63, 3.8) is 0 Å². The number of carbonyl (C=O) groups is 3. The summed E-state index contributed by atoms with van der Waals surface area (Å²) in [4.78, 5) is 36.9. The summed E-state index contributed by atoms with van der Waals surface area (Å²) in [5.41, 5.74) is -0.426. The van der Waals surface area contributed by atoms with Crippen molar-refractivity contribution in [2.45, 2.75) is 51.7 Å². The average Bonchev–Trinajstić information content (AvgIpc) is 2.99. The van der Waals surface area contributed by atoms with Crippen molar-refractivity contribution >= 4 is 17.5 Å². The molecule has 0 aromatic heterocycles. The van der Waals surface area contributed by atoms with Gasteiger partial charge >= 0.3 is 5.97 Å². The van der Waals surface area contributed by atoms with Crippen LogP contribution in [0.4, 0.5) is 0 Å². The Morgan fingerprint density at radius 1 is 1.22 bits per heavy atom. The summed E-state index contributed by atoms with van der Waals surface area (Å²) in [5.74, 6) is -3.62. The molecule has 2 aliphatic carbocycles. The maximum atomic E-state index is 12.9. The molecule has 6 heteroatoms. The first kappa shape index (κ1) is 16.6. The van der Waals surface area contributed by atoms with Crippen molar-refractivity contribution < 1.29 is 28.6 Å². The molecular formula is C17H24O6. The van der Waals surface area contributed by atoms with Gasteiger partial charge in [-0.15, -0.1) is 0 Å². The minimum Gasteiger partial charge on any atom is -0.460 e. The SMILES string of the molecule is CCOC(=O)C(=O)C1CCC2(C)C(CCCC23OCCO3)C1=O. The molecule has 3 rings (SSSR count). The van der Waals surface area contributed by atoms with Crippen molar-refractivity contribution in [1.82, 2.24) is 0 Å². The highest BCUT2D eigenvalue weighted by Gasteiger charge is 2.63. The van der Waals surface area contributed by atoms with Crippen LogP contribution in [-0.2, 0) is 28.6 Å². The molecule has 128 valence electrons. The predicted molar refractivity (Wildman–Crippen MR) is 79.5 cm³/mol. The van der Waals surface area contributed by atoms with E-state index in [2.05, 4.69) is 0 Å². The Hall–Kier alpha value is -1.27. The van der Waals surface area contributed by atoms with Gasteiger partial charge in [-0.3, -0.25) is 9.59 Å². The largest absolute Gasteiger partial charge is 0.460 e. The molecule has 3 atom stereocenters. The van der Waals surface area contributed by atoms with E-state index in [1.165, 1.54) is 0 Å². The second kappa shape index (κ2) is 5.98. The van der Waals surface area contributed by atoms with Crippen LogP contribution in [-0.4, -0.2) is 43.1 Å². The van der Waals surface area contributed by atoms with Gasteiger partial charge in [-0.1, -0.05) is 6.92 Å². The first-order valence-electron chi connectivity index (χ1n) is 8.48. The summed E-state index contributed by atoms with van der Waals surface area (Å²) in [7, 11) is 0. The molecule has 1 spiro atoms. The summed E-state index contributed by atoms with van der Waals surface area (Å²) in [6, 6.07) is 0. The predicted octanol–water partition coefficient (Wildman–Crippen LogP) is 1.65. The third-order valence-electron chi connectivity index (χ3n) is 5.82. The standard InChI is InChI=1S/C17H24O6/c1-3-21-15(20)14(19)11-6-8-16(2)12(13(11)18)5-4-7-17(16)22-9-10-23-17/h11-12H,3-10H2,1-2H3. The van der Waals surface area contributed by atoms with Gasteiger partial charge in [0.05, 0.1) is 25.7 Å². The molecule has 0 N–H and O–H groups in total. The molecular weight excluding hydrogens is 300 g/mol. The van der Waals surface area contributed by atoms with Gasteiger partial charge in [-0.05, 0) is 32.6 Å². The molecule has 1 saturated heterocycles. The van der Waals surface area contributed by atoms with Crippen LogP contribution in [0.2, 0.25) is 0 Å². The molecule has 23 heavy (non-hydrogen) atoms. The van der Waals surface area contributed by atoms with Gasteiger partial charge in [0.15, 0.2) is 5.79 Å². The van der Waals surface area contributed by atoms with E-state index in [0.29, 0.717) is 26.1 Å². The maximum absolute atomic E-state index is 12.9. The number of ether oxygens (including phenoxy) is 3. The smallest absolute Gasteiger partial charge is 0.375 e. The highest BCUT2D eigenvalue weighted by atomic mass is 16.7. The number of esters is 1. The van der Waals surface area contributed by atoms with E-state index < -0.39 is 28.9 Å². The monoisotopic (exact) mass is 324 g/mol. The molecule has 3 unspecified atom stereocenters. The molecule has 0 amide bonds. The molecule has 6 nitrogen and oxygen atoms in total. The number of carbonyl (C=O) groups excluding carboxylic acids is 3. The van der Waals surface area contributed by atoms with Crippen LogP contribution < -0.4 is 0 Å². The fourth-order valence-corrected chi connectivity index (χ4v) is 4.59. The summed E-state index contributed by atoms with van der Waals surface area (Å²) < 4.78 is 16.6. The number of Topliss-reactive ketones (excluding diaryl/α,β-unsaturated/α-hetero) is 2. The zero-order chi connectivity index (χ0) is 16.7. The van der Waals surface area contributed by atoms with E-state index in [1.807, 2.05) is 6.92 Å². The topological polar surface area (TPSA) is 78.9 Å². The van der Waals surface area contributed by atoms with Crippen molar-refractivity contribution in [3.05, 3.63) is 0 Å². The Morgan fingerprint density at radius 3 is 2.57 bits per heavy atom. The normalized spacial score (nSPS) is 35.8. The van der Waals surface area contributed by atoms with Gasteiger partial charge in [0.25, 0.3) is 0 Å². The lowest BCUT2D eigenvalue weighted by Gasteiger charge is -2.54. The summed E-state index contributed by atoms with van der Waals surface area (Å²) in [6.07, 6.45) is 3.32. The molecule has 0 aromatic rings. The zero-order valence-corrected chi connectivity index (χ0v) is 13.8. The van der Waals surface area contributed by atoms with Crippen LogP contribution in [0.25, 0.3) is 0 Å². The van der Waals surface area contributed by atoms with Gasteiger partial charge in [-0.2, -0.15) is 0 Å². The van der Waals surface area contributed by atoms with E-state index >= 15 is 0 Å². The van der Waals surface area contributed by atoms with E-state index in [4.69, 9.17) is 14.2 Å². The van der Waals surface area contributed by atoms with Crippen LogP contribution in [0.5, 0.6) is 0 Å². The first-order valence-corrected chi connectivity index (χ1v) is 8.48. The maximum Gasteiger partial charge on any atom is 0.375 e. The van der Waals surface area contributed by atoms with Gasteiger partial charge in [0.2, 0.25) is 5.78 Å². The van der Waals surface area contributed by atoms with Gasteiger partial charge < -0.3 is 14.2 Å². The number of rotatable bonds is 3. The number of hydrogen-bond donors (Lipinski definition) is 0. The molecule has 0 aromatic carbocycles. The lowest BCUT2D eigenvalue weighted by molar-refractivity contribution is -0.272. The Bertz CT molecular complexity index is 521. The highest BCUT2D eigenvalue weighted by Crippen LogP contribution is 2.58. The molecule has 1 aliphatic heterocycles. The molecule has 3 fully saturated rings. The molecule has 0 bridgehead atoms. The van der Waals surface area contributed by atoms with Gasteiger partial charge in [-0.25, -0.2) is 4.79 Å². The number of ketones is 2. The van der Waals surface area contributed by atoms with Crippen LogP contribution >= 0.6 is 0 Å². The van der Waals surface area contributed by atoms with E-state index in [1.54, 1.807) is 6.92 Å². The lowest BCUT2D eigenvalue weighted by Crippen LogP contribution is -2.60. The summed E-state index contributed by atoms with van der Waals surface area (Å²) in [5, 5.41) is 0. The minimum absolute atomic E-state index is 0.136. The van der Waals surface area contributed by atoms with E-state index in [-0.39, 0.29) is 18.3 Å². The van der Waals surface area contributed by atoms with Crippen molar-refractivity contribution in [3.8, 4) is 0 Å². The number of hydrogen-bond acceptors (Lipinski definition) is 6. The Kier molecular flexibility index (Phi) is 4.31. The quantitative estimate of drug-likeness (QED) is 0.446. The summed E-state index contributed by atoms with van der Waals surface area (Å²) in [6.45, 7) is 4.90. The van der Waals surface area contributed by atoms with Crippen molar-refractivity contribution in [2.75, 3.05) is 19.8 Å². The average molecular weight is 324 g/mol. The Labute approximate surface area is 135 Å². The first-order chi connectivity index (χ1) is 11.0. The molecule has 3 aliphatic rings. The van der Waals surface area contributed by atoms with Crippen LogP contribution in [0.1, 0.15) is 46.0 Å². The van der Waals surface area contributed by atoms with Crippen LogP contribution in [0.15, 0.2) is 0 Å². The summed E-state index contributed by atoms with van der Waals surface area (Å²) >= 11 is 0. The third kappa shape index (κ3) is 2.43. The van der Waals surface area contributed by atoms with Crippen LogP contribution in [0, 0.1) is 17.3 Å². The molecule has 2 saturated carbocycles. The molecule has 0 radical (unpaired) electrons.